The highest BCUT2D eigenvalue weighted by atomic mass is 16.5. The van der Waals surface area contributed by atoms with Crippen LogP contribution < -0.4 is 15.5 Å². The lowest BCUT2D eigenvalue weighted by Crippen LogP contribution is -2.25. The lowest BCUT2D eigenvalue weighted by molar-refractivity contribution is -0.119. The molecule has 2 rings (SSSR count). The average molecular weight is 301 g/mol. The summed E-state index contributed by atoms with van der Waals surface area (Å²) in [6.07, 6.45) is 1.46. The fourth-order valence-electron chi connectivity index (χ4n) is 1.75. The van der Waals surface area contributed by atoms with Gasteiger partial charge in [0.1, 0.15) is 17.3 Å². The van der Waals surface area contributed by atoms with E-state index in [1.165, 1.54) is 6.21 Å². The SMILES string of the molecule is CCOc1ccc(NCC(=O)NN=Cc2ccc(C)o2)cc1. The predicted molar refractivity (Wildman–Crippen MR) is 85.3 cm³/mol. The zero-order valence-corrected chi connectivity index (χ0v) is 12.6. The van der Waals surface area contributed by atoms with Crippen LogP contribution in [0.5, 0.6) is 5.75 Å². The number of carbonyl (C=O) groups excluding carboxylic acids is 1. The van der Waals surface area contributed by atoms with Gasteiger partial charge in [0.05, 0.1) is 19.4 Å². The van der Waals surface area contributed by atoms with Gasteiger partial charge in [0.25, 0.3) is 5.91 Å². The number of rotatable bonds is 7. The van der Waals surface area contributed by atoms with E-state index >= 15 is 0 Å². The number of furan rings is 1. The molecule has 6 nitrogen and oxygen atoms in total. The van der Waals surface area contributed by atoms with E-state index in [2.05, 4.69) is 15.8 Å². The second-order valence-electron chi connectivity index (χ2n) is 4.55. The summed E-state index contributed by atoms with van der Waals surface area (Å²) >= 11 is 0. The topological polar surface area (TPSA) is 75.9 Å². The third-order valence-electron chi connectivity index (χ3n) is 2.76. The number of aryl methyl sites for hydroxylation is 1. The van der Waals surface area contributed by atoms with Gasteiger partial charge in [0.15, 0.2) is 0 Å². The van der Waals surface area contributed by atoms with Crippen molar-refractivity contribution in [3.8, 4) is 5.75 Å². The van der Waals surface area contributed by atoms with Crippen LogP contribution in [-0.4, -0.2) is 25.3 Å². The Balaban J connectivity index is 1.74. The standard InChI is InChI=1S/C16H19N3O3/c1-3-21-14-8-5-13(6-9-14)17-11-16(20)19-18-10-15-7-4-12(2)22-15/h4-10,17H,3,11H2,1-2H3,(H,19,20). The summed E-state index contributed by atoms with van der Waals surface area (Å²) in [6, 6.07) is 11.0. The van der Waals surface area contributed by atoms with E-state index in [4.69, 9.17) is 9.15 Å². The first-order valence-electron chi connectivity index (χ1n) is 7.02. The van der Waals surface area contributed by atoms with Crippen LogP contribution in [0.4, 0.5) is 5.69 Å². The Kier molecular flexibility index (Phi) is 5.59. The Morgan fingerprint density at radius 1 is 1.27 bits per heavy atom. The number of ether oxygens (including phenoxy) is 1. The molecule has 0 fully saturated rings. The summed E-state index contributed by atoms with van der Waals surface area (Å²) in [6.45, 7) is 4.53. The molecule has 2 aromatic rings. The minimum Gasteiger partial charge on any atom is -0.494 e. The molecule has 0 radical (unpaired) electrons. The first-order valence-corrected chi connectivity index (χ1v) is 7.02. The van der Waals surface area contributed by atoms with Crippen molar-refractivity contribution >= 4 is 17.8 Å². The van der Waals surface area contributed by atoms with Crippen LogP contribution >= 0.6 is 0 Å². The zero-order chi connectivity index (χ0) is 15.8. The predicted octanol–water partition coefficient (Wildman–Crippen LogP) is 2.55. The highest BCUT2D eigenvalue weighted by Crippen LogP contribution is 2.15. The van der Waals surface area contributed by atoms with Crippen LogP contribution in [0.15, 0.2) is 45.9 Å². The van der Waals surface area contributed by atoms with Crippen LogP contribution in [0.2, 0.25) is 0 Å². The van der Waals surface area contributed by atoms with Crippen molar-refractivity contribution in [2.24, 2.45) is 5.10 Å². The number of hydrazone groups is 1. The van der Waals surface area contributed by atoms with E-state index in [0.717, 1.165) is 17.2 Å². The fraction of sp³-hybridized carbons (Fsp3) is 0.250. The average Bonchev–Trinajstić information content (AvgIpc) is 2.92. The second kappa shape index (κ2) is 7.87. The maximum atomic E-state index is 11.6. The van der Waals surface area contributed by atoms with Crippen LogP contribution in [0.25, 0.3) is 0 Å². The highest BCUT2D eigenvalue weighted by Gasteiger charge is 2.00. The third kappa shape index (κ3) is 4.97. The monoisotopic (exact) mass is 301 g/mol. The Bertz CT molecular complexity index is 632. The summed E-state index contributed by atoms with van der Waals surface area (Å²) in [5, 5.41) is 6.83. The lowest BCUT2D eigenvalue weighted by atomic mass is 10.3. The van der Waals surface area contributed by atoms with Crippen molar-refractivity contribution in [3.05, 3.63) is 47.9 Å². The molecule has 0 aliphatic carbocycles. The highest BCUT2D eigenvalue weighted by molar-refractivity contribution is 5.83. The van der Waals surface area contributed by atoms with Gasteiger partial charge in [-0.2, -0.15) is 5.10 Å². The quantitative estimate of drug-likeness (QED) is 0.608. The fourth-order valence-corrected chi connectivity index (χ4v) is 1.75. The van der Waals surface area contributed by atoms with E-state index in [1.54, 1.807) is 6.07 Å². The number of amides is 1. The third-order valence-corrected chi connectivity index (χ3v) is 2.76. The molecule has 0 bridgehead atoms. The molecule has 0 spiro atoms. The molecular weight excluding hydrogens is 282 g/mol. The van der Waals surface area contributed by atoms with Crippen molar-refractivity contribution in [1.82, 2.24) is 5.43 Å². The number of nitrogens with one attached hydrogen (secondary N) is 2. The van der Waals surface area contributed by atoms with Crippen molar-refractivity contribution in [3.63, 3.8) is 0 Å². The van der Waals surface area contributed by atoms with Gasteiger partial charge in [-0.05, 0) is 50.2 Å². The van der Waals surface area contributed by atoms with Crippen molar-refractivity contribution in [2.75, 3.05) is 18.5 Å². The van der Waals surface area contributed by atoms with Gasteiger partial charge in [0.2, 0.25) is 0 Å². The molecule has 1 aromatic heterocycles. The number of hydrogen-bond acceptors (Lipinski definition) is 5. The minimum atomic E-state index is -0.242. The molecule has 2 N–H and O–H groups in total. The number of carbonyl (C=O) groups is 1. The van der Waals surface area contributed by atoms with Gasteiger partial charge in [-0.25, -0.2) is 5.43 Å². The normalized spacial score (nSPS) is 10.6. The summed E-state index contributed by atoms with van der Waals surface area (Å²) in [7, 11) is 0. The number of nitrogens with zero attached hydrogens (tertiary/aromatic N) is 1. The molecule has 0 atom stereocenters. The molecule has 116 valence electrons. The van der Waals surface area contributed by atoms with E-state index in [9.17, 15) is 4.79 Å². The van der Waals surface area contributed by atoms with Crippen molar-refractivity contribution < 1.29 is 13.9 Å². The molecule has 0 aliphatic heterocycles. The molecule has 0 aliphatic rings. The largest absolute Gasteiger partial charge is 0.494 e. The van der Waals surface area contributed by atoms with E-state index in [0.29, 0.717) is 12.4 Å². The van der Waals surface area contributed by atoms with Gasteiger partial charge in [-0.1, -0.05) is 0 Å². The molecule has 6 heteroatoms. The zero-order valence-electron chi connectivity index (χ0n) is 12.6. The van der Waals surface area contributed by atoms with E-state index in [1.807, 2.05) is 44.2 Å². The smallest absolute Gasteiger partial charge is 0.259 e. The van der Waals surface area contributed by atoms with Crippen LogP contribution in [0.1, 0.15) is 18.4 Å². The minimum absolute atomic E-state index is 0.127. The second-order valence-corrected chi connectivity index (χ2v) is 4.55. The maximum absolute atomic E-state index is 11.6. The molecule has 1 heterocycles. The summed E-state index contributed by atoms with van der Waals surface area (Å²) in [5.41, 5.74) is 3.26. The van der Waals surface area contributed by atoms with E-state index < -0.39 is 0 Å². The Morgan fingerprint density at radius 2 is 2.05 bits per heavy atom. The summed E-state index contributed by atoms with van der Waals surface area (Å²) in [5.74, 6) is 1.95. The van der Waals surface area contributed by atoms with Crippen LogP contribution in [-0.2, 0) is 4.79 Å². The van der Waals surface area contributed by atoms with Crippen LogP contribution in [0, 0.1) is 6.92 Å². The Labute approximate surface area is 129 Å². The van der Waals surface area contributed by atoms with Gasteiger partial charge < -0.3 is 14.5 Å². The van der Waals surface area contributed by atoms with Crippen LogP contribution in [0.3, 0.4) is 0 Å². The Hall–Kier alpha value is -2.76. The molecule has 0 saturated heterocycles. The molecule has 22 heavy (non-hydrogen) atoms. The number of anilines is 1. The lowest BCUT2D eigenvalue weighted by Gasteiger charge is -2.07. The molecule has 0 saturated carbocycles. The first kappa shape index (κ1) is 15.6. The maximum Gasteiger partial charge on any atom is 0.259 e. The van der Waals surface area contributed by atoms with E-state index in [-0.39, 0.29) is 12.5 Å². The molecular formula is C16H19N3O3. The molecule has 0 unspecified atom stereocenters. The van der Waals surface area contributed by atoms with Gasteiger partial charge >= 0.3 is 0 Å². The van der Waals surface area contributed by atoms with Crippen molar-refractivity contribution in [2.45, 2.75) is 13.8 Å². The van der Waals surface area contributed by atoms with Crippen molar-refractivity contribution in [1.29, 1.82) is 0 Å². The molecule has 1 amide bonds. The summed E-state index contributed by atoms with van der Waals surface area (Å²) in [4.78, 5) is 11.6. The number of hydrogen-bond donors (Lipinski definition) is 2. The van der Waals surface area contributed by atoms with Gasteiger partial charge in [-0.15, -0.1) is 0 Å². The van der Waals surface area contributed by atoms with Gasteiger partial charge in [-0.3, -0.25) is 4.79 Å². The number of benzene rings is 1. The Morgan fingerprint density at radius 3 is 2.68 bits per heavy atom. The first-order chi connectivity index (χ1) is 10.7. The molecule has 1 aromatic carbocycles. The van der Waals surface area contributed by atoms with Gasteiger partial charge in [0, 0.05) is 5.69 Å². The summed E-state index contributed by atoms with van der Waals surface area (Å²) < 4.78 is 10.6.